The zero-order valence-electron chi connectivity index (χ0n) is 19.8. The van der Waals surface area contributed by atoms with E-state index >= 15 is 0 Å². The molecule has 0 radical (unpaired) electrons. The molecule has 1 fully saturated rings. The molecule has 36 heavy (non-hydrogen) atoms. The Labute approximate surface area is 213 Å². The molecule has 3 aromatic heterocycles. The molecule has 0 atom stereocenters. The summed E-state index contributed by atoms with van der Waals surface area (Å²) in [4.78, 5) is 9.48. The van der Waals surface area contributed by atoms with Crippen LogP contribution < -0.4 is 10.6 Å². The maximum atomic E-state index is 9.74. The summed E-state index contributed by atoms with van der Waals surface area (Å²) in [5.74, 6) is 1.61. The zero-order chi connectivity index (χ0) is 24.3. The first-order valence-corrected chi connectivity index (χ1v) is 13.2. The number of aliphatic hydroxyl groups excluding tert-OH is 1. The molecule has 0 amide bonds. The molecule has 7 nitrogen and oxygen atoms in total. The lowest BCUT2D eigenvalue weighted by molar-refractivity contribution is 0.126. The molecule has 3 N–H and O–H groups in total. The van der Waals surface area contributed by atoms with Gasteiger partial charge in [0.05, 0.1) is 29.1 Å². The fraction of sp³-hybridized carbons (Fsp3) is 0.250. The van der Waals surface area contributed by atoms with Gasteiger partial charge >= 0.3 is 0 Å². The smallest absolute Gasteiger partial charge is 0.189 e. The molecule has 3 heterocycles. The van der Waals surface area contributed by atoms with Crippen LogP contribution in [0, 0.1) is 0 Å². The number of nitrogens with one attached hydrogen (secondary N) is 2. The predicted molar refractivity (Wildman–Crippen MR) is 146 cm³/mol. The van der Waals surface area contributed by atoms with Gasteiger partial charge in [-0.2, -0.15) is 5.10 Å². The Bertz CT molecular complexity index is 1460. The van der Waals surface area contributed by atoms with Crippen LogP contribution in [0.15, 0.2) is 79.1 Å². The summed E-state index contributed by atoms with van der Waals surface area (Å²) >= 11 is 1.61. The van der Waals surface area contributed by atoms with Gasteiger partial charge < -0.3 is 15.7 Å². The van der Waals surface area contributed by atoms with Crippen molar-refractivity contribution in [2.75, 3.05) is 10.6 Å². The van der Waals surface area contributed by atoms with Crippen molar-refractivity contribution in [2.45, 2.75) is 44.4 Å². The molecule has 0 unspecified atom stereocenters. The van der Waals surface area contributed by atoms with Crippen molar-refractivity contribution in [3.8, 4) is 11.1 Å². The number of hydrogen-bond donors (Lipinski definition) is 3. The average molecular weight is 497 g/mol. The minimum absolute atomic E-state index is 0.158. The number of anilines is 3. The second-order valence-corrected chi connectivity index (χ2v) is 10.3. The molecular formula is C28H28N6OS. The molecule has 1 saturated carbocycles. The number of benzene rings is 2. The van der Waals surface area contributed by atoms with E-state index in [4.69, 9.17) is 9.97 Å². The highest BCUT2D eigenvalue weighted by molar-refractivity contribution is 7.22. The van der Waals surface area contributed by atoms with Gasteiger partial charge in [0.1, 0.15) is 11.6 Å². The van der Waals surface area contributed by atoms with Gasteiger partial charge in [-0.15, -0.1) is 0 Å². The first-order valence-electron chi connectivity index (χ1n) is 12.3. The van der Waals surface area contributed by atoms with E-state index in [2.05, 4.69) is 52.3 Å². The molecule has 0 spiro atoms. The summed E-state index contributed by atoms with van der Waals surface area (Å²) in [7, 11) is 0. The summed E-state index contributed by atoms with van der Waals surface area (Å²) in [5.41, 5.74) is 4.40. The van der Waals surface area contributed by atoms with Crippen molar-refractivity contribution in [3.05, 3.63) is 84.7 Å². The summed E-state index contributed by atoms with van der Waals surface area (Å²) in [6.07, 6.45) is 7.46. The van der Waals surface area contributed by atoms with E-state index in [1.54, 1.807) is 11.3 Å². The Morgan fingerprint density at radius 2 is 1.72 bits per heavy atom. The van der Waals surface area contributed by atoms with Crippen LogP contribution in [0.4, 0.5) is 16.8 Å². The fourth-order valence-electron chi connectivity index (χ4n) is 4.65. The van der Waals surface area contributed by atoms with Crippen LogP contribution in [0.2, 0.25) is 0 Å². The topological polar surface area (TPSA) is 87.9 Å². The second-order valence-electron chi connectivity index (χ2n) is 9.30. The lowest BCUT2D eigenvalue weighted by Crippen LogP contribution is -2.28. The van der Waals surface area contributed by atoms with E-state index < -0.39 is 0 Å². The van der Waals surface area contributed by atoms with Crippen LogP contribution >= 0.6 is 11.3 Å². The van der Waals surface area contributed by atoms with Crippen LogP contribution in [0.1, 0.15) is 31.2 Å². The number of hydrogen-bond acceptors (Lipinski definition) is 7. The Kier molecular flexibility index (Phi) is 6.36. The molecule has 0 saturated heterocycles. The maximum absolute atomic E-state index is 9.74. The van der Waals surface area contributed by atoms with E-state index in [1.165, 1.54) is 5.56 Å². The summed E-state index contributed by atoms with van der Waals surface area (Å²) in [5, 5.41) is 22.0. The maximum Gasteiger partial charge on any atom is 0.189 e. The highest BCUT2D eigenvalue weighted by atomic mass is 32.1. The van der Waals surface area contributed by atoms with Gasteiger partial charge in [0.15, 0.2) is 5.13 Å². The third-order valence-corrected chi connectivity index (χ3v) is 7.51. The van der Waals surface area contributed by atoms with Crippen LogP contribution in [0.25, 0.3) is 21.3 Å². The summed E-state index contributed by atoms with van der Waals surface area (Å²) in [6.45, 7) is 0.751. The monoisotopic (exact) mass is 496 g/mol. The number of aliphatic hydroxyl groups is 1. The lowest BCUT2D eigenvalue weighted by Gasteiger charge is -2.26. The van der Waals surface area contributed by atoms with Crippen molar-refractivity contribution < 1.29 is 5.11 Å². The van der Waals surface area contributed by atoms with Crippen molar-refractivity contribution in [1.29, 1.82) is 0 Å². The fourth-order valence-corrected chi connectivity index (χ4v) is 5.56. The Balaban J connectivity index is 1.15. The van der Waals surface area contributed by atoms with E-state index in [1.807, 2.05) is 47.3 Å². The average Bonchev–Trinajstić information content (AvgIpc) is 3.52. The highest BCUT2D eigenvalue weighted by Crippen LogP contribution is 2.32. The highest BCUT2D eigenvalue weighted by Gasteiger charge is 2.19. The molecule has 8 heteroatoms. The Morgan fingerprint density at radius 1 is 0.889 bits per heavy atom. The first kappa shape index (κ1) is 22.7. The lowest BCUT2D eigenvalue weighted by atomic mass is 9.93. The van der Waals surface area contributed by atoms with E-state index in [0.29, 0.717) is 6.04 Å². The number of pyridine rings is 1. The van der Waals surface area contributed by atoms with Crippen molar-refractivity contribution >= 4 is 38.3 Å². The van der Waals surface area contributed by atoms with Crippen LogP contribution in [0.3, 0.4) is 0 Å². The predicted octanol–water partition coefficient (Wildman–Crippen LogP) is 6.06. The Morgan fingerprint density at radius 3 is 2.58 bits per heavy atom. The van der Waals surface area contributed by atoms with E-state index in [0.717, 1.165) is 70.3 Å². The normalized spacial score (nSPS) is 17.8. The molecular weight excluding hydrogens is 468 g/mol. The number of thiazole rings is 1. The van der Waals surface area contributed by atoms with Crippen LogP contribution in [-0.4, -0.2) is 37.0 Å². The van der Waals surface area contributed by atoms with Gasteiger partial charge in [-0.05, 0) is 61.1 Å². The minimum atomic E-state index is -0.158. The molecule has 0 aliphatic heterocycles. The molecule has 2 aromatic carbocycles. The number of fused-ring (bicyclic) bond motifs is 1. The van der Waals surface area contributed by atoms with E-state index in [-0.39, 0.29) is 6.10 Å². The third kappa shape index (κ3) is 5.24. The molecule has 1 aliphatic rings. The standard InChI is InChI=1S/C28H28N6OS/c35-23-12-10-22(11-13-23)30-26-7-4-8-27(32-26)33-28-31-24-14-9-20(15-25(24)36-28)21-16-29-34(18-21)17-19-5-2-1-3-6-19/h1-9,14-16,18,22-23,35H,10-13,17H2,(H2,30,31,32,33)/t22-,23-. The van der Waals surface area contributed by atoms with Crippen molar-refractivity contribution in [3.63, 3.8) is 0 Å². The second kappa shape index (κ2) is 10.1. The Hall–Kier alpha value is -3.75. The van der Waals surface area contributed by atoms with Crippen molar-refractivity contribution in [2.24, 2.45) is 0 Å². The summed E-state index contributed by atoms with van der Waals surface area (Å²) in [6, 6.07) is 23.0. The van der Waals surface area contributed by atoms with Gasteiger partial charge in [0.2, 0.25) is 0 Å². The molecule has 5 aromatic rings. The van der Waals surface area contributed by atoms with Gasteiger partial charge in [-0.3, -0.25) is 4.68 Å². The van der Waals surface area contributed by atoms with Gasteiger partial charge in [0.25, 0.3) is 0 Å². The largest absolute Gasteiger partial charge is 0.393 e. The number of nitrogens with zero attached hydrogens (tertiary/aromatic N) is 4. The van der Waals surface area contributed by atoms with Crippen LogP contribution in [0.5, 0.6) is 0 Å². The van der Waals surface area contributed by atoms with E-state index in [9.17, 15) is 5.11 Å². The molecule has 6 rings (SSSR count). The SMILES string of the molecule is O[C@H]1CC[C@H](Nc2cccc(Nc3nc4ccc(-c5cnn(Cc6ccccc6)c5)cc4s3)n2)CC1. The van der Waals surface area contributed by atoms with Gasteiger partial charge in [-0.1, -0.05) is 53.8 Å². The third-order valence-electron chi connectivity index (χ3n) is 6.58. The zero-order valence-corrected chi connectivity index (χ0v) is 20.7. The molecule has 1 aliphatic carbocycles. The first-order chi connectivity index (χ1) is 17.7. The van der Waals surface area contributed by atoms with Gasteiger partial charge in [-0.25, -0.2) is 9.97 Å². The van der Waals surface area contributed by atoms with Crippen LogP contribution in [-0.2, 0) is 6.54 Å². The minimum Gasteiger partial charge on any atom is -0.393 e. The molecule has 182 valence electrons. The van der Waals surface area contributed by atoms with Crippen molar-refractivity contribution in [1.82, 2.24) is 19.7 Å². The number of aromatic nitrogens is 4. The van der Waals surface area contributed by atoms with Gasteiger partial charge in [0, 0.05) is 17.8 Å². The molecule has 0 bridgehead atoms. The summed E-state index contributed by atoms with van der Waals surface area (Å²) < 4.78 is 3.08. The number of rotatable bonds is 7. The quantitative estimate of drug-likeness (QED) is 0.254.